The SMILES string of the molecule is CC(C)N1CC[C@@H](Nc2ccccc2Oc2ncccc2C#N)C1=O. The number of hydrogen-bond donors (Lipinski definition) is 1. The highest BCUT2D eigenvalue weighted by molar-refractivity contribution is 5.87. The summed E-state index contributed by atoms with van der Waals surface area (Å²) in [5.41, 5.74) is 1.07. The van der Waals surface area contributed by atoms with E-state index in [-0.39, 0.29) is 23.9 Å². The van der Waals surface area contributed by atoms with Crippen LogP contribution >= 0.6 is 0 Å². The molecule has 1 N–H and O–H groups in total. The Hall–Kier alpha value is -3.07. The predicted octanol–water partition coefficient (Wildman–Crippen LogP) is 3.17. The van der Waals surface area contributed by atoms with Crippen LogP contribution in [0.5, 0.6) is 11.6 Å². The van der Waals surface area contributed by atoms with E-state index in [4.69, 9.17) is 4.74 Å². The summed E-state index contributed by atoms with van der Waals surface area (Å²) in [5, 5.41) is 12.5. The molecule has 1 aromatic carbocycles. The third kappa shape index (κ3) is 3.56. The first-order valence-electron chi connectivity index (χ1n) is 8.29. The molecule has 25 heavy (non-hydrogen) atoms. The molecular weight excluding hydrogens is 316 g/mol. The summed E-state index contributed by atoms with van der Waals surface area (Å²) in [4.78, 5) is 18.5. The number of aromatic nitrogens is 1. The van der Waals surface area contributed by atoms with Crippen molar-refractivity contribution in [1.29, 1.82) is 5.26 Å². The van der Waals surface area contributed by atoms with Crippen molar-refractivity contribution in [3.63, 3.8) is 0 Å². The summed E-state index contributed by atoms with van der Waals surface area (Å²) in [6.07, 6.45) is 2.33. The average molecular weight is 336 g/mol. The number of carbonyl (C=O) groups excluding carboxylic acids is 1. The van der Waals surface area contributed by atoms with Crippen LogP contribution in [0.4, 0.5) is 5.69 Å². The van der Waals surface area contributed by atoms with E-state index in [2.05, 4.69) is 16.4 Å². The highest BCUT2D eigenvalue weighted by atomic mass is 16.5. The molecule has 1 fully saturated rings. The van der Waals surface area contributed by atoms with Crippen molar-refractivity contribution in [1.82, 2.24) is 9.88 Å². The van der Waals surface area contributed by atoms with Gasteiger partial charge >= 0.3 is 0 Å². The summed E-state index contributed by atoms with van der Waals surface area (Å²) >= 11 is 0. The number of likely N-dealkylation sites (tertiary alicyclic amines) is 1. The normalized spacial score (nSPS) is 16.8. The molecule has 0 spiro atoms. The van der Waals surface area contributed by atoms with Gasteiger partial charge in [0.1, 0.15) is 17.7 Å². The molecule has 2 heterocycles. The Morgan fingerprint density at radius 3 is 2.84 bits per heavy atom. The Balaban J connectivity index is 1.80. The molecule has 128 valence electrons. The number of amides is 1. The average Bonchev–Trinajstić information content (AvgIpc) is 2.98. The summed E-state index contributed by atoms with van der Waals surface area (Å²) in [7, 11) is 0. The summed E-state index contributed by atoms with van der Waals surface area (Å²) in [6, 6.07) is 12.7. The minimum absolute atomic E-state index is 0.0975. The third-order valence-corrected chi connectivity index (χ3v) is 4.18. The number of para-hydroxylation sites is 2. The molecule has 0 aliphatic carbocycles. The molecule has 2 aromatic rings. The third-order valence-electron chi connectivity index (χ3n) is 4.18. The van der Waals surface area contributed by atoms with Crippen molar-refractivity contribution in [3.05, 3.63) is 48.2 Å². The summed E-state index contributed by atoms with van der Waals surface area (Å²) in [6.45, 7) is 4.78. The van der Waals surface area contributed by atoms with Gasteiger partial charge in [-0.05, 0) is 44.5 Å². The van der Waals surface area contributed by atoms with Gasteiger partial charge < -0.3 is 15.0 Å². The van der Waals surface area contributed by atoms with Gasteiger partial charge in [-0.2, -0.15) is 5.26 Å². The first-order chi connectivity index (χ1) is 12.1. The molecule has 1 aromatic heterocycles. The molecule has 6 heteroatoms. The zero-order valence-corrected chi connectivity index (χ0v) is 14.3. The fourth-order valence-electron chi connectivity index (χ4n) is 2.87. The van der Waals surface area contributed by atoms with Crippen LogP contribution in [0.15, 0.2) is 42.6 Å². The number of nitrogens with zero attached hydrogens (tertiary/aromatic N) is 3. The van der Waals surface area contributed by atoms with Crippen LogP contribution in [0.2, 0.25) is 0 Å². The molecule has 1 aliphatic heterocycles. The number of anilines is 1. The van der Waals surface area contributed by atoms with Crippen molar-refractivity contribution >= 4 is 11.6 Å². The molecule has 6 nitrogen and oxygen atoms in total. The van der Waals surface area contributed by atoms with Gasteiger partial charge in [0.05, 0.1) is 5.69 Å². The van der Waals surface area contributed by atoms with Crippen LogP contribution in [-0.4, -0.2) is 34.4 Å². The van der Waals surface area contributed by atoms with Gasteiger partial charge in [-0.15, -0.1) is 0 Å². The van der Waals surface area contributed by atoms with Gasteiger partial charge in [0.15, 0.2) is 5.75 Å². The van der Waals surface area contributed by atoms with E-state index in [0.717, 1.165) is 13.0 Å². The molecule has 1 atom stereocenters. The van der Waals surface area contributed by atoms with E-state index >= 15 is 0 Å². The van der Waals surface area contributed by atoms with Crippen molar-refractivity contribution in [2.75, 3.05) is 11.9 Å². The lowest BCUT2D eigenvalue weighted by Gasteiger charge is -2.22. The number of rotatable bonds is 5. The molecule has 0 saturated carbocycles. The zero-order valence-electron chi connectivity index (χ0n) is 14.3. The molecular formula is C19H20N4O2. The van der Waals surface area contributed by atoms with Crippen LogP contribution in [-0.2, 0) is 4.79 Å². The minimum atomic E-state index is -0.272. The van der Waals surface area contributed by atoms with Crippen LogP contribution in [0, 0.1) is 11.3 Å². The summed E-state index contributed by atoms with van der Waals surface area (Å²) < 4.78 is 5.83. The highest BCUT2D eigenvalue weighted by Gasteiger charge is 2.33. The number of hydrogen-bond acceptors (Lipinski definition) is 5. The Kier molecular flexibility index (Phi) is 4.85. The Morgan fingerprint density at radius 2 is 2.12 bits per heavy atom. The van der Waals surface area contributed by atoms with Crippen molar-refractivity contribution in [2.45, 2.75) is 32.4 Å². The Bertz CT molecular complexity index is 813. The van der Waals surface area contributed by atoms with Gasteiger partial charge in [0.2, 0.25) is 11.8 Å². The van der Waals surface area contributed by atoms with E-state index in [1.807, 2.05) is 36.9 Å². The molecule has 1 aliphatic rings. The summed E-state index contributed by atoms with van der Waals surface area (Å²) in [5.74, 6) is 0.884. The number of nitrogens with one attached hydrogen (secondary N) is 1. The smallest absolute Gasteiger partial charge is 0.245 e. The largest absolute Gasteiger partial charge is 0.436 e. The van der Waals surface area contributed by atoms with E-state index in [0.29, 0.717) is 17.0 Å². The molecule has 0 unspecified atom stereocenters. The number of benzene rings is 1. The second kappa shape index (κ2) is 7.22. The number of ether oxygens (including phenoxy) is 1. The van der Waals surface area contributed by atoms with Crippen LogP contribution in [0.1, 0.15) is 25.8 Å². The minimum Gasteiger partial charge on any atom is -0.436 e. The maximum Gasteiger partial charge on any atom is 0.245 e. The molecule has 3 rings (SSSR count). The van der Waals surface area contributed by atoms with Crippen LogP contribution in [0.25, 0.3) is 0 Å². The molecule has 0 radical (unpaired) electrons. The standard InChI is InChI=1S/C19H20N4O2/c1-13(2)23-11-9-16(19(23)24)22-15-7-3-4-8-17(15)25-18-14(12-20)6-5-10-21-18/h3-8,10,13,16,22H,9,11H2,1-2H3/t16-/m1/s1. The highest BCUT2D eigenvalue weighted by Crippen LogP contribution is 2.31. The van der Waals surface area contributed by atoms with Gasteiger partial charge in [-0.3, -0.25) is 4.79 Å². The fraction of sp³-hybridized carbons (Fsp3) is 0.316. The number of pyridine rings is 1. The second-order valence-corrected chi connectivity index (χ2v) is 6.18. The first-order valence-corrected chi connectivity index (χ1v) is 8.29. The Labute approximate surface area is 147 Å². The fourth-order valence-corrected chi connectivity index (χ4v) is 2.87. The molecule has 1 amide bonds. The number of carbonyl (C=O) groups is 1. The van der Waals surface area contributed by atoms with Gasteiger partial charge in [-0.25, -0.2) is 4.98 Å². The van der Waals surface area contributed by atoms with Gasteiger partial charge in [0, 0.05) is 18.8 Å². The van der Waals surface area contributed by atoms with Crippen molar-refractivity contribution < 1.29 is 9.53 Å². The monoisotopic (exact) mass is 336 g/mol. The van der Waals surface area contributed by atoms with Gasteiger partial charge in [-0.1, -0.05) is 12.1 Å². The van der Waals surface area contributed by atoms with E-state index in [1.165, 1.54) is 0 Å². The lowest BCUT2D eigenvalue weighted by atomic mass is 10.2. The maximum atomic E-state index is 12.5. The lowest BCUT2D eigenvalue weighted by molar-refractivity contribution is -0.129. The first kappa shape index (κ1) is 16.8. The Morgan fingerprint density at radius 1 is 1.32 bits per heavy atom. The topological polar surface area (TPSA) is 78.2 Å². The van der Waals surface area contributed by atoms with Crippen LogP contribution < -0.4 is 10.1 Å². The van der Waals surface area contributed by atoms with E-state index < -0.39 is 0 Å². The maximum absolute atomic E-state index is 12.5. The molecule has 0 bridgehead atoms. The van der Waals surface area contributed by atoms with E-state index in [9.17, 15) is 10.1 Å². The lowest BCUT2D eigenvalue weighted by Crippen LogP contribution is -2.37. The van der Waals surface area contributed by atoms with Crippen LogP contribution in [0.3, 0.4) is 0 Å². The van der Waals surface area contributed by atoms with Gasteiger partial charge in [0.25, 0.3) is 0 Å². The predicted molar refractivity (Wildman–Crippen MR) is 94.3 cm³/mol. The number of nitriles is 1. The van der Waals surface area contributed by atoms with Crippen molar-refractivity contribution in [3.8, 4) is 17.7 Å². The molecule has 1 saturated heterocycles. The second-order valence-electron chi connectivity index (χ2n) is 6.18. The van der Waals surface area contributed by atoms with Crippen molar-refractivity contribution in [2.24, 2.45) is 0 Å². The quantitative estimate of drug-likeness (QED) is 0.907. The van der Waals surface area contributed by atoms with E-state index in [1.54, 1.807) is 24.4 Å². The zero-order chi connectivity index (χ0) is 17.8.